The van der Waals surface area contributed by atoms with Crippen LogP contribution in [0.25, 0.3) is 0 Å². The summed E-state index contributed by atoms with van der Waals surface area (Å²) >= 11 is 0. The summed E-state index contributed by atoms with van der Waals surface area (Å²) in [5.41, 5.74) is 8.63. The lowest BCUT2D eigenvalue weighted by Crippen LogP contribution is -2.21. The fourth-order valence-corrected chi connectivity index (χ4v) is 2.00. The topological polar surface area (TPSA) is 64.3 Å². The average Bonchev–Trinajstić information content (AvgIpc) is 2.46. The molecule has 0 saturated heterocycles. The highest BCUT2D eigenvalue weighted by Gasteiger charge is 2.10. The van der Waals surface area contributed by atoms with Crippen LogP contribution in [0.15, 0.2) is 48.5 Å². The number of hydrogen-bond donors (Lipinski definition) is 2. The first-order valence-corrected chi connectivity index (χ1v) is 6.90. The number of ether oxygens (including phenoxy) is 1. The van der Waals surface area contributed by atoms with Gasteiger partial charge in [0.05, 0.1) is 0 Å². The van der Waals surface area contributed by atoms with Gasteiger partial charge in [-0.15, -0.1) is 0 Å². The van der Waals surface area contributed by atoms with Gasteiger partial charge in [0.25, 0.3) is 5.91 Å². The molecule has 3 N–H and O–H groups in total. The van der Waals surface area contributed by atoms with E-state index >= 15 is 0 Å². The fourth-order valence-electron chi connectivity index (χ4n) is 2.00. The van der Waals surface area contributed by atoms with E-state index in [9.17, 15) is 4.79 Å². The van der Waals surface area contributed by atoms with E-state index in [0.717, 1.165) is 16.8 Å². The van der Waals surface area contributed by atoms with Crippen LogP contribution in [0, 0.1) is 6.92 Å². The van der Waals surface area contributed by atoms with Gasteiger partial charge in [-0.2, -0.15) is 0 Å². The molecule has 21 heavy (non-hydrogen) atoms. The summed E-state index contributed by atoms with van der Waals surface area (Å²) in [5.74, 6) is 0.464. The lowest BCUT2D eigenvalue weighted by molar-refractivity contribution is -0.118. The lowest BCUT2D eigenvalue weighted by atomic mass is 10.1. The van der Waals surface area contributed by atoms with E-state index in [1.807, 2.05) is 62.4 Å². The Labute approximate surface area is 124 Å². The number of amides is 1. The molecule has 2 rings (SSSR count). The fraction of sp³-hybridized carbons (Fsp3) is 0.235. The van der Waals surface area contributed by atoms with Crippen LogP contribution < -0.4 is 15.8 Å². The summed E-state index contributed by atoms with van der Waals surface area (Å²) < 4.78 is 5.62. The number of para-hydroxylation sites is 1. The van der Waals surface area contributed by atoms with Crippen LogP contribution in [0.1, 0.15) is 24.1 Å². The summed E-state index contributed by atoms with van der Waals surface area (Å²) in [6.45, 7) is 3.82. The van der Waals surface area contributed by atoms with Crippen LogP contribution in [0.4, 0.5) is 5.69 Å². The van der Waals surface area contributed by atoms with E-state index in [2.05, 4.69) is 5.32 Å². The van der Waals surface area contributed by atoms with Crippen molar-refractivity contribution in [2.24, 2.45) is 5.73 Å². The highest BCUT2D eigenvalue weighted by Crippen LogP contribution is 2.25. The molecule has 4 nitrogen and oxygen atoms in total. The SMILES string of the molecule is Cc1ccc([C@@H](C)N)c(OCC(=O)Nc2ccccc2)c1. The minimum absolute atomic E-state index is 0.0436. The first-order chi connectivity index (χ1) is 10.1. The molecule has 0 radical (unpaired) electrons. The van der Waals surface area contributed by atoms with E-state index in [1.54, 1.807) is 0 Å². The molecule has 1 atom stereocenters. The first-order valence-electron chi connectivity index (χ1n) is 6.90. The number of carbonyl (C=O) groups excluding carboxylic acids is 1. The van der Waals surface area contributed by atoms with Gasteiger partial charge in [-0.25, -0.2) is 0 Å². The molecule has 0 heterocycles. The Balaban J connectivity index is 1.99. The molecular weight excluding hydrogens is 264 g/mol. The summed E-state index contributed by atoms with van der Waals surface area (Å²) in [6.07, 6.45) is 0. The zero-order valence-electron chi connectivity index (χ0n) is 12.3. The molecule has 0 fully saturated rings. The van der Waals surface area contributed by atoms with Crippen LogP contribution in [-0.2, 0) is 4.79 Å². The summed E-state index contributed by atoms with van der Waals surface area (Å²) in [4.78, 5) is 11.9. The summed E-state index contributed by atoms with van der Waals surface area (Å²) in [6, 6.07) is 15.0. The smallest absolute Gasteiger partial charge is 0.262 e. The van der Waals surface area contributed by atoms with Crippen LogP contribution in [-0.4, -0.2) is 12.5 Å². The van der Waals surface area contributed by atoms with E-state index in [4.69, 9.17) is 10.5 Å². The minimum Gasteiger partial charge on any atom is -0.483 e. The van der Waals surface area contributed by atoms with Gasteiger partial charge in [0, 0.05) is 17.3 Å². The molecule has 4 heteroatoms. The van der Waals surface area contributed by atoms with Gasteiger partial charge in [-0.05, 0) is 37.6 Å². The van der Waals surface area contributed by atoms with Gasteiger partial charge in [-0.1, -0.05) is 30.3 Å². The largest absolute Gasteiger partial charge is 0.483 e. The summed E-state index contributed by atoms with van der Waals surface area (Å²) in [7, 11) is 0. The van der Waals surface area contributed by atoms with Crippen LogP contribution in [0.2, 0.25) is 0 Å². The van der Waals surface area contributed by atoms with Crippen LogP contribution >= 0.6 is 0 Å². The highest BCUT2D eigenvalue weighted by molar-refractivity contribution is 5.91. The number of carbonyl (C=O) groups is 1. The second-order valence-electron chi connectivity index (χ2n) is 5.03. The molecule has 0 aliphatic heterocycles. The zero-order chi connectivity index (χ0) is 15.2. The standard InChI is InChI=1S/C17H20N2O2/c1-12-8-9-15(13(2)18)16(10-12)21-11-17(20)19-14-6-4-3-5-7-14/h3-10,13H,11,18H2,1-2H3,(H,19,20)/t13-/m1/s1. The molecule has 2 aromatic rings. The Morgan fingerprint density at radius 1 is 1.24 bits per heavy atom. The van der Waals surface area contributed by atoms with Gasteiger partial charge < -0.3 is 15.8 Å². The van der Waals surface area contributed by atoms with E-state index in [0.29, 0.717) is 5.75 Å². The third kappa shape index (κ3) is 4.33. The third-order valence-electron chi connectivity index (χ3n) is 3.08. The predicted molar refractivity (Wildman–Crippen MR) is 84.3 cm³/mol. The Kier molecular flexibility index (Phi) is 4.95. The molecule has 0 saturated carbocycles. The van der Waals surface area contributed by atoms with E-state index in [-0.39, 0.29) is 18.6 Å². The molecule has 0 spiro atoms. The van der Waals surface area contributed by atoms with Crippen molar-refractivity contribution in [3.05, 3.63) is 59.7 Å². The lowest BCUT2D eigenvalue weighted by Gasteiger charge is -2.14. The number of rotatable bonds is 5. The van der Waals surface area contributed by atoms with Crippen molar-refractivity contribution < 1.29 is 9.53 Å². The van der Waals surface area contributed by atoms with Gasteiger partial charge in [0.2, 0.25) is 0 Å². The Morgan fingerprint density at radius 2 is 1.95 bits per heavy atom. The zero-order valence-corrected chi connectivity index (χ0v) is 12.3. The van der Waals surface area contributed by atoms with Gasteiger partial charge in [0.1, 0.15) is 5.75 Å². The number of benzene rings is 2. The Morgan fingerprint density at radius 3 is 2.62 bits per heavy atom. The van der Waals surface area contributed by atoms with Crippen molar-refractivity contribution in [1.82, 2.24) is 0 Å². The van der Waals surface area contributed by atoms with Crippen molar-refractivity contribution in [1.29, 1.82) is 0 Å². The molecule has 0 unspecified atom stereocenters. The summed E-state index contributed by atoms with van der Waals surface area (Å²) in [5, 5.41) is 2.78. The van der Waals surface area contributed by atoms with Crippen molar-refractivity contribution >= 4 is 11.6 Å². The molecule has 0 aromatic heterocycles. The first kappa shape index (κ1) is 15.1. The monoisotopic (exact) mass is 284 g/mol. The van der Waals surface area contributed by atoms with Gasteiger partial charge in [0.15, 0.2) is 6.61 Å². The van der Waals surface area contributed by atoms with Crippen LogP contribution in [0.5, 0.6) is 5.75 Å². The van der Waals surface area contributed by atoms with E-state index < -0.39 is 0 Å². The normalized spacial score (nSPS) is 11.8. The quantitative estimate of drug-likeness (QED) is 0.887. The molecule has 0 aliphatic carbocycles. The Hall–Kier alpha value is -2.33. The van der Waals surface area contributed by atoms with Crippen molar-refractivity contribution in [3.8, 4) is 5.75 Å². The number of hydrogen-bond acceptors (Lipinski definition) is 3. The van der Waals surface area contributed by atoms with Crippen molar-refractivity contribution in [3.63, 3.8) is 0 Å². The minimum atomic E-state index is -0.196. The molecule has 0 bridgehead atoms. The number of anilines is 1. The maximum Gasteiger partial charge on any atom is 0.262 e. The maximum absolute atomic E-state index is 11.9. The molecule has 110 valence electrons. The second kappa shape index (κ2) is 6.90. The number of aryl methyl sites for hydroxylation is 1. The Bertz CT molecular complexity index is 609. The van der Waals surface area contributed by atoms with E-state index in [1.165, 1.54) is 0 Å². The second-order valence-corrected chi connectivity index (χ2v) is 5.03. The molecule has 1 amide bonds. The maximum atomic E-state index is 11.9. The highest BCUT2D eigenvalue weighted by atomic mass is 16.5. The predicted octanol–water partition coefficient (Wildman–Crippen LogP) is 3.03. The number of nitrogens with one attached hydrogen (secondary N) is 1. The van der Waals surface area contributed by atoms with Crippen LogP contribution in [0.3, 0.4) is 0 Å². The molecule has 0 aliphatic rings. The molecular formula is C17H20N2O2. The third-order valence-corrected chi connectivity index (χ3v) is 3.08. The average molecular weight is 284 g/mol. The van der Waals surface area contributed by atoms with Crippen molar-refractivity contribution in [2.45, 2.75) is 19.9 Å². The number of nitrogens with two attached hydrogens (primary N) is 1. The van der Waals surface area contributed by atoms with Gasteiger partial charge >= 0.3 is 0 Å². The van der Waals surface area contributed by atoms with Gasteiger partial charge in [-0.3, -0.25) is 4.79 Å². The van der Waals surface area contributed by atoms with Crippen molar-refractivity contribution in [2.75, 3.05) is 11.9 Å². The molecule has 2 aromatic carbocycles.